The van der Waals surface area contributed by atoms with Crippen LogP contribution in [-0.2, 0) is 6.61 Å². The van der Waals surface area contributed by atoms with Crippen molar-refractivity contribution >= 4 is 11.6 Å². The highest BCUT2D eigenvalue weighted by Crippen LogP contribution is 2.24. The lowest BCUT2D eigenvalue weighted by Gasteiger charge is -2.11. The first kappa shape index (κ1) is 14.7. The van der Waals surface area contributed by atoms with Gasteiger partial charge in [0.15, 0.2) is 0 Å². The summed E-state index contributed by atoms with van der Waals surface area (Å²) in [6, 6.07) is 12.5. The molecule has 0 aromatic heterocycles. The van der Waals surface area contributed by atoms with Gasteiger partial charge in [-0.3, -0.25) is 4.79 Å². The van der Waals surface area contributed by atoms with Crippen LogP contribution in [0, 0.1) is 0 Å². The number of benzene rings is 2. The fourth-order valence-corrected chi connectivity index (χ4v) is 1.83. The number of hydrogen-bond acceptors (Lipinski definition) is 4. The second-order valence-electron chi connectivity index (χ2n) is 4.47. The van der Waals surface area contributed by atoms with Crippen molar-refractivity contribution in [3.05, 3.63) is 53.6 Å². The van der Waals surface area contributed by atoms with Crippen molar-refractivity contribution in [2.75, 3.05) is 19.9 Å². The SMILES string of the molecule is CNC(=O)c1ccc(N)c(OCc2ccc(OC)cc2)c1. The quantitative estimate of drug-likeness (QED) is 0.827. The van der Waals surface area contributed by atoms with E-state index >= 15 is 0 Å². The summed E-state index contributed by atoms with van der Waals surface area (Å²) in [5.74, 6) is 1.11. The lowest BCUT2D eigenvalue weighted by Crippen LogP contribution is -2.17. The Morgan fingerprint density at radius 2 is 1.90 bits per heavy atom. The Bertz CT molecular complexity index is 624. The minimum absolute atomic E-state index is 0.177. The molecule has 5 nitrogen and oxygen atoms in total. The Balaban J connectivity index is 2.09. The fourth-order valence-electron chi connectivity index (χ4n) is 1.83. The van der Waals surface area contributed by atoms with Crippen LogP contribution < -0.4 is 20.5 Å². The maximum atomic E-state index is 11.6. The molecule has 3 N–H and O–H groups in total. The van der Waals surface area contributed by atoms with Gasteiger partial charge in [-0.05, 0) is 35.9 Å². The van der Waals surface area contributed by atoms with E-state index in [0.29, 0.717) is 23.6 Å². The van der Waals surface area contributed by atoms with E-state index in [1.54, 1.807) is 32.4 Å². The van der Waals surface area contributed by atoms with Gasteiger partial charge >= 0.3 is 0 Å². The highest BCUT2D eigenvalue weighted by atomic mass is 16.5. The van der Waals surface area contributed by atoms with Gasteiger partial charge in [0.25, 0.3) is 5.91 Å². The van der Waals surface area contributed by atoms with Crippen molar-refractivity contribution in [2.45, 2.75) is 6.61 Å². The third-order valence-corrected chi connectivity index (χ3v) is 3.06. The maximum absolute atomic E-state index is 11.6. The van der Waals surface area contributed by atoms with Crippen LogP contribution in [0.15, 0.2) is 42.5 Å². The molecule has 0 aliphatic rings. The Morgan fingerprint density at radius 1 is 1.19 bits per heavy atom. The first-order valence-corrected chi connectivity index (χ1v) is 6.51. The molecule has 2 rings (SSSR count). The van der Waals surface area contributed by atoms with Gasteiger partial charge in [0.05, 0.1) is 12.8 Å². The van der Waals surface area contributed by atoms with E-state index < -0.39 is 0 Å². The minimum atomic E-state index is -0.177. The molecule has 0 saturated carbocycles. The number of anilines is 1. The van der Waals surface area contributed by atoms with Gasteiger partial charge in [-0.15, -0.1) is 0 Å². The first-order chi connectivity index (χ1) is 10.1. The van der Waals surface area contributed by atoms with Gasteiger partial charge in [-0.25, -0.2) is 0 Å². The van der Waals surface area contributed by atoms with Crippen LogP contribution in [0.4, 0.5) is 5.69 Å². The van der Waals surface area contributed by atoms with Crippen molar-refractivity contribution in [2.24, 2.45) is 0 Å². The van der Waals surface area contributed by atoms with Crippen molar-refractivity contribution in [1.82, 2.24) is 5.32 Å². The zero-order valence-corrected chi connectivity index (χ0v) is 12.1. The summed E-state index contributed by atoms with van der Waals surface area (Å²) in [6.45, 7) is 0.366. The lowest BCUT2D eigenvalue weighted by atomic mass is 10.1. The van der Waals surface area contributed by atoms with Crippen molar-refractivity contribution in [1.29, 1.82) is 0 Å². The summed E-state index contributed by atoms with van der Waals surface area (Å²) in [7, 11) is 3.20. The van der Waals surface area contributed by atoms with Crippen LogP contribution in [0.25, 0.3) is 0 Å². The largest absolute Gasteiger partial charge is 0.497 e. The summed E-state index contributed by atoms with van der Waals surface area (Å²) < 4.78 is 10.8. The molecule has 0 saturated heterocycles. The van der Waals surface area contributed by atoms with E-state index in [2.05, 4.69) is 5.32 Å². The summed E-state index contributed by atoms with van der Waals surface area (Å²) >= 11 is 0. The smallest absolute Gasteiger partial charge is 0.251 e. The predicted octanol–water partition coefficient (Wildman–Crippen LogP) is 2.22. The number of amides is 1. The molecule has 2 aromatic carbocycles. The van der Waals surface area contributed by atoms with Gasteiger partial charge in [-0.1, -0.05) is 12.1 Å². The number of carbonyl (C=O) groups is 1. The van der Waals surface area contributed by atoms with Crippen LogP contribution in [0.2, 0.25) is 0 Å². The molecule has 0 unspecified atom stereocenters. The molecule has 2 aromatic rings. The van der Waals surface area contributed by atoms with E-state index in [-0.39, 0.29) is 5.91 Å². The number of methoxy groups -OCH3 is 1. The molecule has 0 bridgehead atoms. The second-order valence-corrected chi connectivity index (χ2v) is 4.47. The average Bonchev–Trinajstić information content (AvgIpc) is 2.53. The van der Waals surface area contributed by atoms with E-state index in [9.17, 15) is 4.79 Å². The molecule has 21 heavy (non-hydrogen) atoms. The second kappa shape index (κ2) is 6.65. The van der Waals surface area contributed by atoms with Gasteiger partial charge in [-0.2, -0.15) is 0 Å². The zero-order valence-electron chi connectivity index (χ0n) is 12.1. The Labute approximate surface area is 123 Å². The number of hydrogen-bond donors (Lipinski definition) is 2. The molecule has 0 radical (unpaired) electrons. The molecule has 1 amide bonds. The molecule has 0 atom stereocenters. The topological polar surface area (TPSA) is 73.6 Å². The molecule has 0 spiro atoms. The summed E-state index contributed by atoms with van der Waals surface area (Å²) in [6.07, 6.45) is 0. The van der Waals surface area contributed by atoms with Crippen LogP contribution in [0.5, 0.6) is 11.5 Å². The number of nitrogens with one attached hydrogen (secondary N) is 1. The first-order valence-electron chi connectivity index (χ1n) is 6.51. The Morgan fingerprint density at radius 3 is 2.52 bits per heavy atom. The number of nitrogen functional groups attached to an aromatic ring is 1. The molecular formula is C16H18N2O3. The Kier molecular flexibility index (Phi) is 4.66. The highest BCUT2D eigenvalue weighted by Gasteiger charge is 2.08. The lowest BCUT2D eigenvalue weighted by molar-refractivity contribution is 0.0962. The van der Waals surface area contributed by atoms with Crippen LogP contribution in [-0.4, -0.2) is 20.1 Å². The third-order valence-electron chi connectivity index (χ3n) is 3.06. The van der Waals surface area contributed by atoms with Gasteiger partial charge in [0, 0.05) is 12.6 Å². The van der Waals surface area contributed by atoms with Crippen LogP contribution >= 0.6 is 0 Å². The molecule has 110 valence electrons. The number of ether oxygens (including phenoxy) is 2. The van der Waals surface area contributed by atoms with E-state index in [4.69, 9.17) is 15.2 Å². The molecule has 5 heteroatoms. The van der Waals surface area contributed by atoms with E-state index in [0.717, 1.165) is 11.3 Å². The third kappa shape index (κ3) is 3.66. The maximum Gasteiger partial charge on any atom is 0.251 e. The van der Waals surface area contributed by atoms with E-state index in [1.807, 2.05) is 24.3 Å². The van der Waals surface area contributed by atoms with Crippen LogP contribution in [0.1, 0.15) is 15.9 Å². The van der Waals surface area contributed by atoms with Crippen molar-refractivity contribution < 1.29 is 14.3 Å². The predicted molar refractivity (Wildman–Crippen MR) is 81.6 cm³/mol. The average molecular weight is 286 g/mol. The van der Waals surface area contributed by atoms with Gasteiger partial charge in [0.2, 0.25) is 0 Å². The monoisotopic (exact) mass is 286 g/mol. The van der Waals surface area contributed by atoms with Crippen molar-refractivity contribution in [3.63, 3.8) is 0 Å². The highest BCUT2D eigenvalue weighted by molar-refractivity contribution is 5.95. The zero-order chi connectivity index (χ0) is 15.2. The fraction of sp³-hybridized carbons (Fsp3) is 0.188. The van der Waals surface area contributed by atoms with E-state index in [1.165, 1.54) is 0 Å². The van der Waals surface area contributed by atoms with Crippen molar-refractivity contribution in [3.8, 4) is 11.5 Å². The minimum Gasteiger partial charge on any atom is -0.497 e. The Hall–Kier alpha value is -2.69. The molecular weight excluding hydrogens is 268 g/mol. The van der Waals surface area contributed by atoms with Gasteiger partial charge < -0.3 is 20.5 Å². The molecule has 0 aliphatic carbocycles. The summed E-state index contributed by atoms with van der Waals surface area (Å²) in [4.78, 5) is 11.6. The summed E-state index contributed by atoms with van der Waals surface area (Å²) in [5, 5.41) is 2.57. The van der Waals surface area contributed by atoms with Crippen LogP contribution in [0.3, 0.4) is 0 Å². The molecule has 0 fully saturated rings. The molecule has 0 heterocycles. The van der Waals surface area contributed by atoms with Gasteiger partial charge in [0.1, 0.15) is 18.1 Å². The number of nitrogens with two attached hydrogens (primary N) is 1. The number of carbonyl (C=O) groups excluding carboxylic acids is 1. The standard InChI is InChI=1S/C16H18N2O3/c1-18-16(19)12-5-8-14(17)15(9-12)21-10-11-3-6-13(20-2)7-4-11/h3-9H,10,17H2,1-2H3,(H,18,19). The summed E-state index contributed by atoms with van der Waals surface area (Å²) in [5.41, 5.74) is 7.86. The number of rotatable bonds is 5. The molecule has 0 aliphatic heterocycles. The normalized spacial score (nSPS) is 10.0.